The van der Waals surface area contributed by atoms with Crippen molar-refractivity contribution in [2.24, 2.45) is 0 Å². The summed E-state index contributed by atoms with van der Waals surface area (Å²) in [5.74, 6) is 0. The van der Waals surface area contributed by atoms with Gasteiger partial charge in [0.2, 0.25) is 0 Å². The summed E-state index contributed by atoms with van der Waals surface area (Å²) >= 11 is 5.62. The maximum absolute atomic E-state index is 12.8. The van der Waals surface area contributed by atoms with E-state index in [9.17, 15) is 13.2 Å². The van der Waals surface area contributed by atoms with Crippen LogP contribution in [0.3, 0.4) is 0 Å². The lowest BCUT2D eigenvalue weighted by Crippen LogP contribution is -2.25. The number of hydrogen-bond donors (Lipinski definition) is 0. The van der Waals surface area contributed by atoms with Crippen LogP contribution in [-0.4, -0.2) is 19.1 Å². The second-order valence-electron chi connectivity index (χ2n) is 4.90. The number of rotatable bonds is 1. The Labute approximate surface area is 102 Å². The Kier molecular flexibility index (Phi) is 2.26. The molecule has 0 amide bonds. The van der Waals surface area contributed by atoms with Crippen molar-refractivity contribution in [2.75, 3.05) is 13.1 Å². The van der Waals surface area contributed by atoms with Gasteiger partial charge in [-0.05, 0) is 6.07 Å². The molecule has 0 aromatic heterocycles. The van der Waals surface area contributed by atoms with Crippen LogP contribution >= 0.6 is 11.6 Å². The molecule has 1 aromatic carbocycles. The molecule has 5 heteroatoms. The third-order valence-electron chi connectivity index (χ3n) is 3.97. The number of hydrogen-bond acceptors (Lipinski definition) is 0. The molecule has 1 aromatic rings. The van der Waals surface area contributed by atoms with E-state index in [0.717, 1.165) is 36.1 Å². The number of quaternary nitrogens is 1. The first kappa shape index (κ1) is 11.4. The molecule has 2 saturated heterocycles. The Morgan fingerprint density at radius 3 is 2.59 bits per heavy atom. The average molecular weight is 263 g/mol. The average Bonchev–Trinajstić information content (AvgIpc) is 2.80. The molecular formula is C12H12ClF3N+. The molecule has 17 heavy (non-hydrogen) atoms. The highest BCUT2D eigenvalue weighted by Gasteiger charge is 2.60. The highest BCUT2D eigenvalue weighted by molar-refractivity contribution is 6.31. The van der Waals surface area contributed by atoms with Crippen LogP contribution < -0.4 is 4.48 Å². The van der Waals surface area contributed by atoms with Gasteiger partial charge in [-0.15, -0.1) is 0 Å². The van der Waals surface area contributed by atoms with Crippen molar-refractivity contribution < 1.29 is 13.2 Å². The lowest BCUT2D eigenvalue weighted by Gasteiger charge is -2.17. The number of piperidine rings is 1. The predicted octanol–water partition coefficient (Wildman–Crippen LogP) is 3.84. The van der Waals surface area contributed by atoms with E-state index in [1.165, 1.54) is 12.1 Å². The van der Waals surface area contributed by atoms with Crippen molar-refractivity contribution in [1.29, 1.82) is 0 Å². The second-order valence-corrected chi connectivity index (χ2v) is 5.31. The smallest absolute Gasteiger partial charge is 0.279 e. The molecule has 3 rings (SSSR count). The van der Waals surface area contributed by atoms with E-state index in [4.69, 9.17) is 11.6 Å². The third kappa shape index (κ3) is 1.66. The minimum absolute atomic E-state index is 0.211. The summed E-state index contributed by atoms with van der Waals surface area (Å²) in [5, 5.41) is -0.211. The minimum Gasteiger partial charge on any atom is -0.279 e. The molecule has 0 radical (unpaired) electrons. The quantitative estimate of drug-likeness (QED) is 0.533. The number of benzene rings is 1. The number of fused-ring (bicyclic) bond motifs is 1. The van der Waals surface area contributed by atoms with E-state index in [1.54, 1.807) is 6.07 Å². The van der Waals surface area contributed by atoms with Crippen molar-refractivity contribution in [3.05, 3.63) is 28.8 Å². The highest BCUT2D eigenvalue weighted by atomic mass is 35.5. The lowest BCUT2D eigenvalue weighted by atomic mass is 10.2. The van der Waals surface area contributed by atoms with Gasteiger partial charge in [0.05, 0.1) is 17.1 Å². The Hall–Kier alpha value is -0.740. The largest absolute Gasteiger partial charge is 0.418 e. The summed E-state index contributed by atoms with van der Waals surface area (Å²) in [6.07, 6.45) is -2.13. The number of nitrogens with zero attached hydrogens (tertiary/aromatic N) is 1. The van der Waals surface area contributed by atoms with Gasteiger partial charge in [0, 0.05) is 25.0 Å². The molecule has 0 spiro atoms. The Bertz CT molecular complexity index is 471. The van der Waals surface area contributed by atoms with E-state index in [2.05, 4.69) is 0 Å². The van der Waals surface area contributed by atoms with Crippen molar-refractivity contribution in [3.8, 4) is 0 Å². The monoisotopic (exact) mass is 262 g/mol. The van der Waals surface area contributed by atoms with E-state index in [0.29, 0.717) is 6.04 Å². The lowest BCUT2D eigenvalue weighted by molar-refractivity contribution is -0.137. The van der Waals surface area contributed by atoms with Gasteiger partial charge in [0.1, 0.15) is 18.3 Å². The van der Waals surface area contributed by atoms with Gasteiger partial charge in [-0.2, -0.15) is 13.2 Å². The third-order valence-corrected chi connectivity index (χ3v) is 4.30. The molecular weight excluding hydrogens is 251 g/mol. The fraction of sp³-hybridized carbons (Fsp3) is 0.500. The summed E-state index contributed by atoms with van der Waals surface area (Å²) < 4.78 is 39.0. The maximum Gasteiger partial charge on any atom is 0.418 e. The zero-order valence-corrected chi connectivity index (χ0v) is 9.85. The molecule has 0 saturated carbocycles. The normalized spacial score (nSPS) is 31.4. The SMILES string of the molecule is FC(F)(F)c1cc([N@@+]23CCC[C@H]2C3)ccc1Cl. The first-order chi connectivity index (χ1) is 7.93. The van der Waals surface area contributed by atoms with Crippen LogP contribution in [0.25, 0.3) is 0 Å². The van der Waals surface area contributed by atoms with E-state index >= 15 is 0 Å². The van der Waals surface area contributed by atoms with Gasteiger partial charge in [-0.1, -0.05) is 11.6 Å². The Balaban J connectivity index is 2.03. The van der Waals surface area contributed by atoms with Crippen molar-refractivity contribution in [1.82, 2.24) is 4.48 Å². The van der Waals surface area contributed by atoms with Crippen molar-refractivity contribution >= 4 is 17.3 Å². The van der Waals surface area contributed by atoms with Crippen LogP contribution in [0.1, 0.15) is 18.4 Å². The molecule has 2 aliphatic rings. The van der Waals surface area contributed by atoms with Crippen LogP contribution in [0, 0.1) is 0 Å². The van der Waals surface area contributed by atoms with Crippen LogP contribution in [0.4, 0.5) is 18.9 Å². The van der Waals surface area contributed by atoms with Gasteiger partial charge in [-0.3, -0.25) is 4.48 Å². The van der Waals surface area contributed by atoms with Crippen LogP contribution in [0.5, 0.6) is 0 Å². The van der Waals surface area contributed by atoms with Gasteiger partial charge in [-0.25, -0.2) is 0 Å². The van der Waals surface area contributed by atoms with E-state index < -0.39 is 11.7 Å². The second kappa shape index (κ2) is 3.39. The van der Waals surface area contributed by atoms with Crippen LogP contribution in [0.2, 0.25) is 5.02 Å². The Morgan fingerprint density at radius 1 is 1.29 bits per heavy atom. The van der Waals surface area contributed by atoms with Gasteiger partial charge in [0.15, 0.2) is 0 Å². The Morgan fingerprint density at radius 2 is 2.06 bits per heavy atom. The molecule has 0 unspecified atom stereocenters. The molecule has 2 atom stereocenters. The summed E-state index contributed by atoms with van der Waals surface area (Å²) in [6, 6.07) is 4.88. The summed E-state index contributed by atoms with van der Waals surface area (Å²) in [4.78, 5) is 0. The minimum atomic E-state index is -4.36. The molecule has 2 fully saturated rings. The molecule has 1 nitrogen and oxygen atoms in total. The fourth-order valence-electron chi connectivity index (χ4n) is 3.00. The molecule has 0 N–H and O–H groups in total. The molecule has 0 bridgehead atoms. The molecule has 92 valence electrons. The summed E-state index contributed by atoms with van der Waals surface area (Å²) in [5.41, 5.74) is 0.0611. The fourth-order valence-corrected chi connectivity index (χ4v) is 3.23. The number of alkyl halides is 3. The van der Waals surface area contributed by atoms with E-state index in [-0.39, 0.29) is 5.02 Å². The zero-order valence-electron chi connectivity index (χ0n) is 9.10. The van der Waals surface area contributed by atoms with E-state index in [1.807, 2.05) is 0 Å². The zero-order chi connectivity index (χ0) is 12.3. The number of halogens is 4. The van der Waals surface area contributed by atoms with Crippen LogP contribution in [0.15, 0.2) is 18.2 Å². The molecule has 2 heterocycles. The van der Waals surface area contributed by atoms with Gasteiger partial charge >= 0.3 is 6.18 Å². The van der Waals surface area contributed by atoms with Gasteiger partial charge < -0.3 is 0 Å². The first-order valence-corrected chi connectivity index (χ1v) is 6.05. The van der Waals surface area contributed by atoms with Crippen molar-refractivity contribution in [3.63, 3.8) is 0 Å². The topological polar surface area (TPSA) is 0 Å². The summed E-state index contributed by atoms with van der Waals surface area (Å²) in [7, 11) is 0. The van der Waals surface area contributed by atoms with Crippen LogP contribution in [-0.2, 0) is 6.18 Å². The summed E-state index contributed by atoms with van der Waals surface area (Å²) in [6.45, 7) is 1.95. The highest BCUT2D eigenvalue weighted by Crippen LogP contribution is 2.48. The first-order valence-electron chi connectivity index (χ1n) is 5.67. The van der Waals surface area contributed by atoms with Crippen molar-refractivity contribution in [2.45, 2.75) is 25.1 Å². The molecule has 0 aliphatic carbocycles. The predicted molar refractivity (Wildman–Crippen MR) is 61.0 cm³/mol. The maximum atomic E-state index is 12.8. The van der Waals surface area contributed by atoms with Gasteiger partial charge in [0.25, 0.3) is 0 Å². The molecule has 2 aliphatic heterocycles. The standard InChI is InChI=1S/C12H12ClF3N/c13-11-4-3-8(6-10(11)12(14,15)16)17-5-1-2-9(17)7-17/h3-4,6,9H,1-2,5,7H2/q+1/t9-,17-/m0/s1.